The highest BCUT2D eigenvalue weighted by Crippen LogP contribution is 2.37. The third-order valence-corrected chi connectivity index (χ3v) is 8.87. The first-order valence-electron chi connectivity index (χ1n) is 17.2. The maximum absolute atomic E-state index is 12.5. The van der Waals surface area contributed by atoms with Gasteiger partial charge < -0.3 is 34.0 Å². The van der Waals surface area contributed by atoms with Gasteiger partial charge in [-0.05, 0) is 112 Å². The Balaban J connectivity index is 2.14. The minimum Gasteiger partial charge on any atom is -0.545 e. The quantitative estimate of drug-likeness (QED) is 0.149. The predicted molar refractivity (Wildman–Crippen MR) is 180 cm³/mol. The summed E-state index contributed by atoms with van der Waals surface area (Å²) in [6.07, 6.45) is 5.81. The van der Waals surface area contributed by atoms with Crippen LogP contribution in [0.2, 0.25) is 0 Å². The predicted octanol–water partition coefficient (Wildman–Crippen LogP) is 6.19. The molecule has 0 bridgehead atoms. The van der Waals surface area contributed by atoms with E-state index < -0.39 is 11.9 Å². The molecule has 0 spiro atoms. The van der Waals surface area contributed by atoms with Crippen molar-refractivity contribution in [3.63, 3.8) is 0 Å². The molecule has 7 nitrogen and oxygen atoms in total. The average Bonchev–Trinajstić information content (AvgIpc) is 3.35. The topological polar surface area (TPSA) is 99.9 Å². The van der Waals surface area contributed by atoms with Crippen LogP contribution in [0, 0.1) is 23.7 Å². The number of benzene rings is 2. The summed E-state index contributed by atoms with van der Waals surface area (Å²) < 4.78 is 6.09. The molecule has 3 aromatic rings. The summed E-state index contributed by atoms with van der Waals surface area (Å²) in [5, 5.41) is 25.8. The van der Waals surface area contributed by atoms with E-state index in [1.165, 1.54) is 6.07 Å². The summed E-state index contributed by atoms with van der Waals surface area (Å²) in [6, 6.07) is 6.67. The van der Waals surface area contributed by atoms with Crippen LogP contribution < -0.4 is 10.2 Å². The lowest BCUT2D eigenvalue weighted by Gasteiger charge is -2.27. The fourth-order valence-electron chi connectivity index (χ4n) is 5.90. The lowest BCUT2D eigenvalue weighted by atomic mass is 9.92. The van der Waals surface area contributed by atoms with E-state index in [1.807, 2.05) is 6.07 Å². The largest absolute Gasteiger partial charge is 0.545 e. The number of hydrogen-bond acceptors (Lipinski definition) is 7. The average molecular weight is 621 g/mol. The molecular weight excluding hydrogens is 564 g/mol. The molecule has 3 rings (SSSR count). The maximum Gasteiger partial charge on any atom is 0.144 e. The van der Waals surface area contributed by atoms with Gasteiger partial charge in [-0.15, -0.1) is 0 Å². The minimum atomic E-state index is -1.35. The van der Waals surface area contributed by atoms with Gasteiger partial charge in [0, 0.05) is 35.0 Å². The monoisotopic (exact) mass is 620 g/mol. The van der Waals surface area contributed by atoms with E-state index in [0.29, 0.717) is 47.3 Å². The second-order valence-electron chi connectivity index (χ2n) is 14.5. The summed E-state index contributed by atoms with van der Waals surface area (Å²) in [5.74, 6) is -0.286. The fraction of sp³-hybridized carbons (Fsp3) is 0.632. The first-order chi connectivity index (χ1) is 21.3. The zero-order valence-corrected chi connectivity index (χ0v) is 29.0. The van der Waals surface area contributed by atoms with Crippen molar-refractivity contribution in [2.24, 2.45) is 23.7 Å². The zero-order chi connectivity index (χ0) is 33.3. The van der Waals surface area contributed by atoms with Gasteiger partial charge >= 0.3 is 0 Å². The molecule has 0 radical (unpaired) electrons. The molecule has 250 valence electrons. The third kappa shape index (κ3) is 10.6. The SMILES string of the molecule is CC(C)CCN(CCc1cc(C(=O)[O-])c2oc3c(C(=O)[O-])cccc3c2c1CCN(CCC(C)C)CCC(C)C)CCC(C)C. The molecule has 0 N–H and O–H groups in total. The standard InChI is InChI=1S/C38H58N2O5/c1-25(2)12-18-39(19-13-26(3)4)22-16-29-24-33(38(43)44)36-34(31-10-9-11-32(37(41)42)35(31)45-36)30(29)17-23-40(20-14-27(5)6)21-15-28(7)8/h9-11,24-28H,12-23H2,1-8H3,(H,41,42)(H,43,44)/p-2. The van der Waals surface area contributed by atoms with Crippen molar-refractivity contribution in [3.05, 3.63) is 46.5 Å². The Labute approximate surface area is 271 Å². The second kappa shape index (κ2) is 17.1. The summed E-state index contributed by atoms with van der Waals surface area (Å²) in [5.41, 5.74) is 2.23. The molecule has 0 unspecified atom stereocenters. The van der Waals surface area contributed by atoms with Crippen LogP contribution in [0.25, 0.3) is 21.9 Å². The molecule has 0 saturated heterocycles. The van der Waals surface area contributed by atoms with Crippen LogP contribution in [-0.4, -0.2) is 61.0 Å². The summed E-state index contributed by atoms with van der Waals surface area (Å²) in [4.78, 5) is 29.6. The number of nitrogens with zero attached hydrogens (tertiary/aromatic N) is 2. The number of furan rings is 1. The number of fused-ring (bicyclic) bond motifs is 3. The Morgan fingerprint density at radius 2 is 1.11 bits per heavy atom. The van der Waals surface area contributed by atoms with E-state index in [4.69, 9.17) is 4.42 Å². The van der Waals surface area contributed by atoms with Crippen molar-refractivity contribution >= 4 is 33.9 Å². The van der Waals surface area contributed by atoms with Crippen LogP contribution in [0.1, 0.15) is 113 Å². The lowest BCUT2D eigenvalue weighted by molar-refractivity contribution is -0.255. The fourth-order valence-corrected chi connectivity index (χ4v) is 5.90. The number of hydrogen-bond donors (Lipinski definition) is 0. The van der Waals surface area contributed by atoms with Gasteiger partial charge in [0.15, 0.2) is 0 Å². The van der Waals surface area contributed by atoms with Crippen LogP contribution in [0.15, 0.2) is 28.7 Å². The van der Waals surface area contributed by atoms with E-state index >= 15 is 0 Å². The number of para-hydroxylation sites is 1. The Bertz CT molecular complexity index is 1380. The molecule has 45 heavy (non-hydrogen) atoms. The summed E-state index contributed by atoms with van der Waals surface area (Å²) in [6.45, 7) is 23.6. The molecule has 0 atom stereocenters. The maximum atomic E-state index is 12.5. The molecule has 2 aromatic carbocycles. The van der Waals surface area contributed by atoms with Crippen molar-refractivity contribution in [2.75, 3.05) is 39.3 Å². The van der Waals surface area contributed by atoms with Gasteiger partial charge in [0.25, 0.3) is 0 Å². The van der Waals surface area contributed by atoms with Gasteiger partial charge in [-0.25, -0.2) is 0 Å². The van der Waals surface area contributed by atoms with E-state index in [1.54, 1.807) is 12.1 Å². The molecule has 1 aromatic heterocycles. The van der Waals surface area contributed by atoms with Crippen molar-refractivity contribution < 1.29 is 24.2 Å². The number of aromatic carboxylic acids is 2. The van der Waals surface area contributed by atoms with Crippen molar-refractivity contribution in [3.8, 4) is 0 Å². The highest BCUT2D eigenvalue weighted by molar-refractivity contribution is 6.16. The molecule has 1 heterocycles. The highest BCUT2D eigenvalue weighted by atomic mass is 16.4. The van der Waals surface area contributed by atoms with Gasteiger partial charge in [0.1, 0.15) is 11.2 Å². The number of carboxylic acid groups (broad SMARTS) is 2. The van der Waals surface area contributed by atoms with Gasteiger partial charge in [-0.3, -0.25) is 0 Å². The van der Waals surface area contributed by atoms with Crippen molar-refractivity contribution in [1.82, 2.24) is 9.80 Å². The zero-order valence-electron chi connectivity index (χ0n) is 29.0. The molecular formula is C38H56N2O5-2. The molecule has 0 aliphatic heterocycles. The Hall–Kier alpha value is -2.90. The Morgan fingerprint density at radius 1 is 0.644 bits per heavy atom. The normalized spacial score (nSPS) is 12.4. The first kappa shape index (κ1) is 36.6. The molecule has 0 aliphatic carbocycles. The van der Waals surface area contributed by atoms with Crippen molar-refractivity contribution in [2.45, 2.75) is 93.9 Å². The van der Waals surface area contributed by atoms with Crippen LogP contribution in [-0.2, 0) is 12.8 Å². The van der Waals surface area contributed by atoms with Crippen LogP contribution in [0.3, 0.4) is 0 Å². The molecule has 7 heteroatoms. The van der Waals surface area contributed by atoms with Crippen molar-refractivity contribution in [1.29, 1.82) is 0 Å². The second-order valence-corrected chi connectivity index (χ2v) is 14.5. The number of carboxylic acids is 2. The van der Waals surface area contributed by atoms with Gasteiger partial charge in [0.2, 0.25) is 0 Å². The Kier molecular flexibility index (Phi) is 13.9. The number of carbonyl (C=O) groups is 2. The third-order valence-electron chi connectivity index (χ3n) is 8.87. The lowest BCUT2D eigenvalue weighted by Crippen LogP contribution is -2.31. The minimum absolute atomic E-state index is 0.0309. The number of rotatable bonds is 20. The van der Waals surface area contributed by atoms with E-state index in [0.717, 1.165) is 76.1 Å². The first-order valence-corrected chi connectivity index (χ1v) is 17.2. The van der Waals surface area contributed by atoms with Crippen LogP contribution in [0.4, 0.5) is 0 Å². The molecule has 0 fully saturated rings. The summed E-state index contributed by atoms with van der Waals surface area (Å²) in [7, 11) is 0. The Morgan fingerprint density at radius 3 is 1.56 bits per heavy atom. The van der Waals surface area contributed by atoms with Gasteiger partial charge in [0.05, 0.1) is 11.9 Å². The van der Waals surface area contributed by atoms with E-state index in [2.05, 4.69) is 65.2 Å². The van der Waals surface area contributed by atoms with Crippen LogP contribution in [0.5, 0.6) is 0 Å². The van der Waals surface area contributed by atoms with Gasteiger partial charge in [-0.1, -0.05) is 67.5 Å². The highest BCUT2D eigenvalue weighted by Gasteiger charge is 2.22. The summed E-state index contributed by atoms with van der Waals surface area (Å²) >= 11 is 0. The molecule has 0 aliphatic rings. The number of carbonyl (C=O) groups excluding carboxylic acids is 2. The smallest absolute Gasteiger partial charge is 0.144 e. The molecule has 0 saturated carbocycles. The van der Waals surface area contributed by atoms with Gasteiger partial charge in [-0.2, -0.15) is 0 Å². The van der Waals surface area contributed by atoms with E-state index in [9.17, 15) is 19.8 Å². The molecule has 0 amide bonds. The van der Waals surface area contributed by atoms with E-state index in [-0.39, 0.29) is 22.3 Å². The van der Waals surface area contributed by atoms with Crippen LogP contribution >= 0.6 is 0 Å².